The van der Waals surface area contributed by atoms with Crippen LogP contribution >= 0.6 is 0 Å². The lowest BCUT2D eigenvalue weighted by Gasteiger charge is -2.07. The molecule has 0 radical (unpaired) electrons. The van der Waals surface area contributed by atoms with Crippen LogP contribution in [0.25, 0.3) is 11.4 Å². The molecule has 18 heavy (non-hydrogen) atoms. The van der Waals surface area contributed by atoms with Crippen molar-refractivity contribution in [3.05, 3.63) is 48.3 Å². The maximum absolute atomic E-state index is 5.89. The molecule has 1 aliphatic carbocycles. The van der Waals surface area contributed by atoms with Crippen molar-refractivity contribution < 1.29 is 0 Å². The zero-order valence-corrected chi connectivity index (χ0v) is 10.3. The van der Waals surface area contributed by atoms with Gasteiger partial charge in [-0.05, 0) is 6.42 Å². The van der Waals surface area contributed by atoms with Crippen LogP contribution in [0.4, 0.5) is 0 Å². The molecule has 92 valence electrons. The summed E-state index contributed by atoms with van der Waals surface area (Å²) < 4.78 is 1.86. The molecule has 0 spiro atoms. The van der Waals surface area contributed by atoms with Crippen molar-refractivity contribution in [2.45, 2.75) is 18.4 Å². The fourth-order valence-electron chi connectivity index (χ4n) is 2.35. The third kappa shape index (κ3) is 1.95. The summed E-state index contributed by atoms with van der Waals surface area (Å²) in [7, 11) is 1.94. The van der Waals surface area contributed by atoms with E-state index in [1.54, 1.807) is 0 Å². The van der Waals surface area contributed by atoms with Crippen molar-refractivity contribution in [3.63, 3.8) is 0 Å². The van der Waals surface area contributed by atoms with Gasteiger partial charge in [0.2, 0.25) is 0 Å². The first-order valence-corrected chi connectivity index (χ1v) is 6.14. The van der Waals surface area contributed by atoms with Crippen LogP contribution in [-0.4, -0.2) is 20.8 Å². The van der Waals surface area contributed by atoms with E-state index in [-0.39, 0.29) is 12.0 Å². The van der Waals surface area contributed by atoms with E-state index < -0.39 is 0 Å². The molecule has 1 aromatic heterocycles. The summed E-state index contributed by atoms with van der Waals surface area (Å²) in [6.45, 7) is 0. The number of hydrogen-bond donors (Lipinski definition) is 1. The molecule has 2 unspecified atom stereocenters. The van der Waals surface area contributed by atoms with E-state index in [2.05, 4.69) is 16.2 Å². The summed E-state index contributed by atoms with van der Waals surface area (Å²) in [5.74, 6) is 2.05. The molecule has 2 aromatic rings. The summed E-state index contributed by atoms with van der Waals surface area (Å²) in [5, 5.41) is 4.48. The van der Waals surface area contributed by atoms with Crippen molar-refractivity contribution in [2.75, 3.05) is 0 Å². The second-order valence-corrected chi connectivity index (χ2v) is 4.67. The molecule has 0 saturated heterocycles. The maximum Gasteiger partial charge on any atom is 0.181 e. The highest BCUT2D eigenvalue weighted by Gasteiger charge is 2.22. The quantitative estimate of drug-likeness (QED) is 0.815. The van der Waals surface area contributed by atoms with E-state index >= 15 is 0 Å². The van der Waals surface area contributed by atoms with Gasteiger partial charge in [-0.25, -0.2) is 4.98 Å². The Balaban J connectivity index is 1.94. The lowest BCUT2D eigenvalue weighted by atomic mass is 10.1. The highest BCUT2D eigenvalue weighted by molar-refractivity contribution is 5.54. The van der Waals surface area contributed by atoms with Gasteiger partial charge in [-0.3, -0.25) is 4.68 Å². The Hall–Kier alpha value is -1.94. The van der Waals surface area contributed by atoms with E-state index in [0.717, 1.165) is 23.6 Å². The average Bonchev–Trinajstić information content (AvgIpc) is 2.97. The van der Waals surface area contributed by atoms with Gasteiger partial charge in [0.15, 0.2) is 5.82 Å². The fraction of sp³-hybridized carbons (Fsp3) is 0.286. The van der Waals surface area contributed by atoms with Gasteiger partial charge in [0.05, 0.1) is 0 Å². The molecule has 2 atom stereocenters. The van der Waals surface area contributed by atoms with Crippen molar-refractivity contribution in [1.29, 1.82) is 0 Å². The van der Waals surface area contributed by atoms with Crippen molar-refractivity contribution >= 4 is 0 Å². The van der Waals surface area contributed by atoms with Crippen LogP contribution in [0.15, 0.2) is 42.5 Å². The molecule has 1 aromatic carbocycles. The first-order chi connectivity index (χ1) is 8.74. The Morgan fingerprint density at radius 2 is 2.00 bits per heavy atom. The molecule has 0 saturated carbocycles. The number of nitrogens with zero attached hydrogens (tertiary/aromatic N) is 3. The zero-order valence-electron chi connectivity index (χ0n) is 10.3. The second kappa shape index (κ2) is 4.38. The van der Waals surface area contributed by atoms with Crippen LogP contribution in [0.1, 0.15) is 18.2 Å². The molecule has 3 rings (SSSR count). The normalized spacial score (nSPS) is 22.6. The lowest BCUT2D eigenvalue weighted by molar-refractivity contribution is 0.621. The van der Waals surface area contributed by atoms with Crippen LogP contribution in [0.2, 0.25) is 0 Å². The first-order valence-electron chi connectivity index (χ1n) is 6.14. The number of nitrogens with two attached hydrogens (primary N) is 1. The van der Waals surface area contributed by atoms with E-state index in [1.165, 1.54) is 0 Å². The molecule has 1 heterocycles. The van der Waals surface area contributed by atoms with Gasteiger partial charge in [-0.15, -0.1) is 0 Å². The standard InChI is InChI=1S/C14H16N4/c1-18-14(11-7-8-12(15)9-11)16-13(17-18)10-5-3-2-4-6-10/h2-8,11-12H,9,15H2,1H3. The molecular weight excluding hydrogens is 224 g/mol. The number of hydrogen-bond acceptors (Lipinski definition) is 3. The van der Waals surface area contributed by atoms with Gasteiger partial charge >= 0.3 is 0 Å². The van der Waals surface area contributed by atoms with E-state index in [1.807, 2.05) is 48.1 Å². The average molecular weight is 240 g/mol. The minimum atomic E-state index is 0.145. The van der Waals surface area contributed by atoms with Gasteiger partial charge in [-0.2, -0.15) is 5.10 Å². The van der Waals surface area contributed by atoms with Crippen molar-refractivity contribution in [3.8, 4) is 11.4 Å². The molecule has 0 bridgehead atoms. The molecule has 0 fully saturated rings. The second-order valence-electron chi connectivity index (χ2n) is 4.67. The zero-order chi connectivity index (χ0) is 12.5. The van der Waals surface area contributed by atoms with Gasteiger partial charge in [0.1, 0.15) is 5.82 Å². The smallest absolute Gasteiger partial charge is 0.181 e. The summed E-state index contributed by atoms with van der Waals surface area (Å²) in [5.41, 5.74) is 6.93. The summed E-state index contributed by atoms with van der Waals surface area (Å²) >= 11 is 0. The third-order valence-electron chi connectivity index (χ3n) is 3.28. The van der Waals surface area contributed by atoms with Crippen molar-refractivity contribution in [2.24, 2.45) is 12.8 Å². The Kier molecular flexibility index (Phi) is 2.72. The number of aromatic nitrogens is 3. The molecule has 0 amide bonds. The van der Waals surface area contributed by atoms with Crippen LogP contribution in [0.3, 0.4) is 0 Å². The SMILES string of the molecule is Cn1nc(-c2ccccc2)nc1C1C=CC(N)C1. The summed E-state index contributed by atoms with van der Waals surface area (Å²) in [6, 6.07) is 10.2. The Morgan fingerprint density at radius 1 is 1.22 bits per heavy atom. The summed E-state index contributed by atoms with van der Waals surface area (Å²) in [4.78, 5) is 4.64. The topological polar surface area (TPSA) is 56.7 Å². The minimum absolute atomic E-state index is 0.145. The Bertz CT molecular complexity index is 571. The highest BCUT2D eigenvalue weighted by Crippen LogP contribution is 2.27. The van der Waals surface area contributed by atoms with E-state index in [0.29, 0.717) is 0 Å². The highest BCUT2D eigenvalue weighted by atomic mass is 15.3. The number of aryl methyl sites for hydroxylation is 1. The molecular formula is C14H16N4. The molecule has 4 heteroatoms. The largest absolute Gasteiger partial charge is 0.324 e. The van der Waals surface area contributed by atoms with Gasteiger partial charge < -0.3 is 5.73 Å². The predicted octanol–water partition coefficient (Wildman–Crippen LogP) is 1.85. The molecule has 0 aliphatic heterocycles. The number of rotatable bonds is 2. The van der Waals surface area contributed by atoms with Crippen LogP contribution in [0.5, 0.6) is 0 Å². The lowest BCUT2D eigenvalue weighted by Crippen LogP contribution is -2.15. The van der Waals surface area contributed by atoms with Crippen LogP contribution < -0.4 is 5.73 Å². The van der Waals surface area contributed by atoms with Gasteiger partial charge in [0.25, 0.3) is 0 Å². The van der Waals surface area contributed by atoms with Crippen molar-refractivity contribution in [1.82, 2.24) is 14.8 Å². The molecule has 1 aliphatic rings. The predicted molar refractivity (Wildman–Crippen MR) is 70.9 cm³/mol. The van der Waals surface area contributed by atoms with Gasteiger partial charge in [-0.1, -0.05) is 42.5 Å². The maximum atomic E-state index is 5.89. The molecule has 2 N–H and O–H groups in total. The Morgan fingerprint density at radius 3 is 2.67 bits per heavy atom. The molecule has 4 nitrogen and oxygen atoms in total. The minimum Gasteiger partial charge on any atom is -0.324 e. The summed E-state index contributed by atoms with van der Waals surface area (Å²) in [6.07, 6.45) is 5.09. The van der Waals surface area contributed by atoms with Crippen LogP contribution in [-0.2, 0) is 7.05 Å². The van der Waals surface area contributed by atoms with Gasteiger partial charge in [0, 0.05) is 24.6 Å². The fourth-order valence-corrected chi connectivity index (χ4v) is 2.35. The number of benzene rings is 1. The Labute approximate surface area is 106 Å². The third-order valence-corrected chi connectivity index (χ3v) is 3.28. The first kappa shape index (κ1) is 11.2. The monoisotopic (exact) mass is 240 g/mol. The van der Waals surface area contributed by atoms with Crippen LogP contribution in [0, 0.1) is 0 Å². The number of allylic oxidation sites excluding steroid dienone is 1. The van der Waals surface area contributed by atoms with E-state index in [4.69, 9.17) is 5.73 Å². The van der Waals surface area contributed by atoms with E-state index in [9.17, 15) is 0 Å².